The third-order valence-corrected chi connectivity index (χ3v) is 2.78. The highest BCUT2D eigenvalue weighted by Crippen LogP contribution is 2.23. The van der Waals surface area contributed by atoms with Crippen molar-refractivity contribution in [1.29, 1.82) is 0 Å². The summed E-state index contributed by atoms with van der Waals surface area (Å²) >= 11 is 0. The molecule has 0 spiro atoms. The highest BCUT2D eigenvalue weighted by Gasteiger charge is 2.15. The summed E-state index contributed by atoms with van der Waals surface area (Å²) in [6, 6.07) is 5.34. The molecule has 0 aliphatic heterocycles. The third kappa shape index (κ3) is 5.70. The second-order valence-electron chi connectivity index (χ2n) is 4.41. The first-order valence-corrected chi connectivity index (χ1v) is 6.28. The number of rotatable bonds is 8. The van der Waals surface area contributed by atoms with E-state index < -0.39 is 11.9 Å². The maximum Gasteiger partial charge on any atom is 0.319 e. The van der Waals surface area contributed by atoms with Gasteiger partial charge in [0.15, 0.2) is 0 Å². The van der Waals surface area contributed by atoms with Crippen LogP contribution in [0.1, 0.15) is 5.56 Å². The highest BCUT2D eigenvalue weighted by atomic mass is 16.5. The Hall–Kier alpha value is -2.28. The zero-order valence-corrected chi connectivity index (χ0v) is 12.4. The number of nitrogens with zero attached hydrogens (tertiary/aromatic N) is 1. The lowest BCUT2D eigenvalue weighted by atomic mass is 10.2. The summed E-state index contributed by atoms with van der Waals surface area (Å²) in [7, 11) is 4.39. The molecule has 7 heteroatoms. The molecule has 116 valence electrons. The standard InChI is InChI=1S/C14H20N2O5/c1-19-11-4-10(5-12(6-11)20-2)7-16(8-13(15)17)9-14(18)21-3/h4-6H,7-9H2,1-3H3,(H2,15,17). The topological polar surface area (TPSA) is 91.1 Å². The maximum absolute atomic E-state index is 11.4. The fourth-order valence-corrected chi connectivity index (χ4v) is 1.85. The second kappa shape index (κ2) is 8.11. The minimum absolute atomic E-state index is 0.0288. The van der Waals surface area contributed by atoms with Crippen molar-refractivity contribution < 1.29 is 23.8 Å². The van der Waals surface area contributed by atoms with E-state index in [0.29, 0.717) is 18.0 Å². The molecule has 0 fully saturated rings. The van der Waals surface area contributed by atoms with E-state index in [4.69, 9.17) is 15.2 Å². The molecule has 1 aromatic rings. The number of ether oxygens (including phenoxy) is 3. The molecule has 0 saturated carbocycles. The Kier molecular flexibility index (Phi) is 6.48. The lowest BCUT2D eigenvalue weighted by Gasteiger charge is -2.20. The van der Waals surface area contributed by atoms with Gasteiger partial charge in [0.1, 0.15) is 11.5 Å². The molecule has 0 atom stereocenters. The number of methoxy groups -OCH3 is 3. The van der Waals surface area contributed by atoms with Gasteiger partial charge in [-0.2, -0.15) is 0 Å². The lowest BCUT2D eigenvalue weighted by Crippen LogP contribution is -2.37. The van der Waals surface area contributed by atoms with Gasteiger partial charge in [-0.05, 0) is 17.7 Å². The lowest BCUT2D eigenvalue weighted by molar-refractivity contribution is -0.142. The predicted octanol–water partition coefficient (Wildman–Crippen LogP) is 0.164. The Balaban J connectivity index is 2.90. The van der Waals surface area contributed by atoms with Crippen molar-refractivity contribution in [3.8, 4) is 11.5 Å². The normalized spacial score (nSPS) is 10.3. The van der Waals surface area contributed by atoms with Gasteiger partial charge >= 0.3 is 5.97 Å². The Morgan fingerprint density at radius 2 is 1.62 bits per heavy atom. The summed E-state index contributed by atoms with van der Waals surface area (Å²) in [6.45, 7) is 0.263. The van der Waals surface area contributed by atoms with Gasteiger partial charge in [-0.25, -0.2) is 0 Å². The number of hydrogen-bond acceptors (Lipinski definition) is 6. The molecular weight excluding hydrogens is 276 g/mol. The molecule has 0 aromatic heterocycles. The fraction of sp³-hybridized carbons (Fsp3) is 0.429. The first-order chi connectivity index (χ1) is 9.98. The van der Waals surface area contributed by atoms with Gasteiger partial charge in [0, 0.05) is 12.6 Å². The van der Waals surface area contributed by atoms with Crippen LogP contribution in [0.2, 0.25) is 0 Å². The molecule has 0 aliphatic carbocycles. The summed E-state index contributed by atoms with van der Waals surface area (Å²) in [5.41, 5.74) is 6.02. The van der Waals surface area contributed by atoms with Crippen LogP contribution in [0.3, 0.4) is 0 Å². The number of nitrogens with two attached hydrogens (primary N) is 1. The van der Waals surface area contributed by atoms with Gasteiger partial charge in [0.05, 0.1) is 34.4 Å². The maximum atomic E-state index is 11.4. The van der Waals surface area contributed by atoms with E-state index in [-0.39, 0.29) is 13.1 Å². The van der Waals surface area contributed by atoms with Gasteiger partial charge in [-0.1, -0.05) is 0 Å². The van der Waals surface area contributed by atoms with Crippen LogP contribution in [0.5, 0.6) is 11.5 Å². The zero-order valence-electron chi connectivity index (χ0n) is 12.4. The van der Waals surface area contributed by atoms with Crippen molar-refractivity contribution >= 4 is 11.9 Å². The molecule has 21 heavy (non-hydrogen) atoms. The second-order valence-corrected chi connectivity index (χ2v) is 4.41. The number of amides is 1. The Bertz CT molecular complexity index is 482. The van der Waals surface area contributed by atoms with E-state index in [2.05, 4.69) is 4.74 Å². The van der Waals surface area contributed by atoms with Gasteiger partial charge in [0.25, 0.3) is 0 Å². The van der Waals surface area contributed by atoms with Crippen molar-refractivity contribution in [2.45, 2.75) is 6.54 Å². The average Bonchev–Trinajstić information content (AvgIpc) is 2.45. The van der Waals surface area contributed by atoms with Crippen LogP contribution in [0, 0.1) is 0 Å². The minimum Gasteiger partial charge on any atom is -0.497 e. The van der Waals surface area contributed by atoms with Crippen molar-refractivity contribution in [2.24, 2.45) is 5.73 Å². The highest BCUT2D eigenvalue weighted by molar-refractivity contribution is 5.77. The van der Waals surface area contributed by atoms with Crippen molar-refractivity contribution in [3.63, 3.8) is 0 Å². The summed E-state index contributed by atoms with van der Waals surface area (Å²) < 4.78 is 15.0. The largest absolute Gasteiger partial charge is 0.497 e. The molecular formula is C14H20N2O5. The van der Waals surface area contributed by atoms with Crippen LogP contribution in [0.25, 0.3) is 0 Å². The van der Waals surface area contributed by atoms with E-state index in [1.165, 1.54) is 7.11 Å². The molecule has 0 radical (unpaired) electrons. The number of esters is 1. The van der Waals surface area contributed by atoms with Crippen molar-refractivity contribution in [3.05, 3.63) is 23.8 Å². The van der Waals surface area contributed by atoms with Gasteiger partial charge in [0.2, 0.25) is 5.91 Å². The SMILES string of the molecule is COC(=O)CN(CC(N)=O)Cc1cc(OC)cc(OC)c1. The number of carbonyl (C=O) groups is 2. The van der Waals surface area contributed by atoms with E-state index in [9.17, 15) is 9.59 Å². The average molecular weight is 296 g/mol. The van der Waals surface area contributed by atoms with Crippen molar-refractivity contribution in [2.75, 3.05) is 34.4 Å². The summed E-state index contributed by atoms with van der Waals surface area (Å²) in [5, 5.41) is 0. The van der Waals surface area contributed by atoms with Crippen LogP contribution in [0.15, 0.2) is 18.2 Å². The molecule has 0 unspecified atom stereocenters. The van der Waals surface area contributed by atoms with Crippen LogP contribution >= 0.6 is 0 Å². The molecule has 0 heterocycles. The van der Waals surface area contributed by atoms with Gasteiger partial charge in [-0.3, -0.25) is 14.5 Å². The Labute approximate surface area is 123 Å². The smallest absolute Gasteiger partial charge is 0.319 e. The Morgan fingerprint density at radius 1 is 1.05 bits per heavy atom. The molecule has 0 aliphatic rings. The van der Waals surface area contributed by atoms with E-state index >= 15 is 0 Å². The summed E-state index contributed by atoms with van der Waals surface area (Å²) in [4.78, 5) is 24.1. The molecule has 1 aromatic carbocycles. The van der Waals surface area contributed by atoms with Crippen molar-refractivity contribution in [1.82, 2.24) is 4.90 Å². The zero-order chi connectivity index (χ0) is 15.8. The van der Waals surface area contributed by atoms with Gasteiger partial charge in [-0.15, -0.1) is 0 Å². The summed E-state index contributed by atoms with van der Waals surface area (Å²) in [5.74, 6) is 0.294. The van der Waals surface area contributed by atoms with Crippen LogP contribution in [-0.4, -0.2) is 51.2 Å². The van der Waals surface area contributed by atoms with Gasteiger partial charge < -0.3 is 19.9 Å². The first kappa shape index (κ1) is 16.8. The molecule has 7 nitrogen and oxygen atoms in total. The first-order valence-electron chi connectivity index (χ1n) is 6.28. The van der Waals surface area contributed by atoms with Crippen LogP contribution < -0.4 is 15.2 Å². The van der Waals surface area contributed by atoms with E-state index in [0.717, 1.165) is 5.56 Å². The molecule has 0 saturated heterocycles. The van der Waals surface area contributed by atoms with E-state index in [1.807, 2.05) is 0 Å². The van der Waals surface area contributed by atoms with E-state index in [1.54, 1.807) is 37.3 Å². The number of carbonyl (C=O) groups excluding carboxylic acids is 2. The minimum atomic E-state index is -0.520. The molecule has 1 amide bonds. The van der Waals surface area contributed by atoms with Crippen LogP contribution in [-0.2, 0) is 20.9 Å². The summed E-state index contributed by atoms with van der Waals surface area (Å²) in [6.07, 6.45) is 0. The molecule has 1 rings (SSSR count). The number of primary amides is 1. The quantitative estimate of drug-likeness (QED) is 0.687. The number of hydrogen-bond donors (Lipinski definition) is 1. The predicted molar refractivity (Wildman–Crippen MR) is 76.0 cm³/mol. The monoisotopic (exact) mass is 296 g/mol. The molecule has 2 N–H and O–H groups in total. The van der Waals surface area contributed by atoms with Crippen LogP contribution in [0.4, 0.5) is 0 Å². The fourth-order valence-electron chi connectivity index (χ4n) is 1.85. The third-order valence-electron chi connectivity index (χ3n) is 2.78. The molecule has 0 bridgehead atoms. The Morgan fingerprint density at radius 3 is 2.05 bits per heavy atom. The number of benzene rings is 1.